The van der Waals surface area contributed by atoms with Gasteiger partial charge in [-0.05, 0) is 35.7 Å². The number of alkyl halides is 4. The molecule has 2 aromatic carbocycles. The van der Waals surface area contributed by atoms with Crippen molar-refractivity contribution in [1.29, 1.82) is 0 Å². The molecule has 8 nitrogen and oxygen atoms in total. The van der Waals surface area contributed by atoms with Crippen LogP contribution in [0.15, 0.2) is 42.5 Å². The van der Waals surface area contributed by atoms with E-state index in [0.29, 0.717) is 11.1 Å². The van der Waals surface area contributed by atoms with Crippen LogP contribution in [-0.2, 0) is 39.9 Å². The highest BCUT2D eigenvalue weighted by Crippen LogP contribution is 2.62. The highest BCUT2D eigenvalue weighted by atomic mass is 79.9. The lowest BCUT2D eigenvalue weighted by Gasteiger charge is -2.38. The number of esters is 2. The van der Waals surface area contributed by atoms with Crippen LogP contribution in [0, 0.1) is 5.41 Å². The minimum absolute atomic E-state index is 0.119. The topological polar surface area (TPSA) is 116 Å². The SMILES string of the molecule is COC(=O)C1(C(=O)OC)Cc2ccccc2[C@@]1(Br)c1cc(OS(=O)(=O)CCCC(F)(F)F)ccc1O. The number of carbonyl (C=O) groups excluding carboxylic acids is 2. The van der Waals surface area contributed by atoms with Crippen LogP contribution in [0.25, 0.3) is 0 Å². The summed E-state index contributed by atoms with van der Waals surface area (Å²) in [4.78, 5) is 26.3. The van der Waals surface area contributed by atoms with Gasteiger partial charge >= 0.3 is 28.2 Å². The maximum atomic E-state index is 13.2. The summed E-state index contributed by atoms with van der Waals surface area (Å²) in [6.45, 7) is 0. The summed E-state index contributed by atoms with van der Waals surface area (Å²) in [6, 6.07) is 9.87. The van der Waals surface area contributed by atoms with Gasteiger partial charge in [0.2, 0.25) is 0 Å². The van der Waals surface area contributed by atoms with Crippen LogP contribution in [-0.4, -0.2) is 51.6 Å². The quantitative estimate of drug-likeness (QED) is 0.211. The predicted molar refractivity (Wildman–Crippen MR) is 124 cm³/mol. The Balaban J connectivity index is 2.13. The molecule has 0 bridgehead atoms. The van der Waals surface area contributed by atoms with Crippen LogP contribution >= 0.6 is 15.9 Å². The Bertz CT molecular complexity index is 1260. The van der Waals surface area contributed by atoms with Crippen molar-refractivity contribution in [1.82, 2.24) is 0 Å². The van der Waals surface area contributed by atoms with Crippen molar-refractivity contribution in [2.75, 3.05) is 20.0 Å². The van der Waals surface area contributed by atoms with Crippen LogP contribution in [0.3, 0.4) is 0 Å². The third-order valence-electron chi connectivity index (χ3n) is 5.92. The number of hydrogen-bond acceptors (Lipinski definition) is 8. The second-order valence-corrected chi connectivity index (χ2v) is 11.0. The summed E-state index contributed by atoms with van der Waals surface area (Å²) in [5.74, 6) is -3.63. The number of carbonyl (C=O) groups is 2. The summed E-state index contributed by atoms with van der Waals surface area (Å²) in [5.41, 5.74) is -1.23. The first-order chi connectivity index (χ1) is 16.7. The Morgan fingerprint density at radius 2 is 1.67 bits per heavy atom. The van der Waals surface area contributed by atoms with Crippen molar-refractivity contribution in [2.45, 2.75) is 29.8 Å². The van der Waals surface area contributed by atoms with E-state index in [1.807, 2.05) is 0 Å². The minimum Gasteiger partial charge on any atom is -0.508 e. The number of phenols is 1. The second-order valence-electron chi connectivity index (χ2n) is 8.12. The molecule has 0 spiro atoms. The molecule has 0 radical (unpaired) electrons. The fourth-order valence-electron chi connectivity index (χ4n) is 4.36. The van der Waals surface area contributed by atoms with E-state index < -0.39 is 62.3 Å². The van der Waals surface area contributed by atoms with Crippen LogP contribution in [0.1, 0.15) is 29.5 Å². The number of aromatic hydroxyl groups is 1. The van der Waals surface area contributed by atoms with Gasteiger partial charge in [0, 0.05) is 18.4 Å². The molecule has 1 aliphatic carbocycles. The zero-order valence-corrected chi connectivity index (χ0v) is 21.5. The van der Waals surface area contributed by atoms with Crippen LogP contribution < -0.4 is 4.18 Å². The minimum atomic E-state index is -4.52. The zero-order chi connectivity index (χ0) is 26.9. The Kier molecular flexibility index (Phi) is 7.66. The lowest BCUT2D eigenvalue weighted by Crippen LogP contribution is -2.52. The molecular formula is C23H22BrF3O8S. The lowest BCUT2D eigenvalue weighted by molar-refractivity contribution is -0.170. The van der Waals surface area contributed by atoms with Crippen molar-refractivity contribution >= 4 is 38.0 Å². The smallest absolute Gasteiger partial charge is 0.389 e. The van der Waals surface area contributed by atoms with Gasteiger partial charge in [0.05, 0.1) is 20.0 Å². The molecule has 0 amide bonds. The first-order valence-corrected chi connectivity index (χ1v) is 12.9. The van der Waals surface area contributed by atoms with Gasteiger partial charge in [0.15, 0.2) is 5.41 Å². The van der Waals surface area contributed by atoms with Crippen molar-refractivity contribution in [3.8, 4) is 11.5 Å². The Morgan fingerprint density at radius 3 is 2.25 bits per heavy atom. The van der Waals surface area contributed by atoms with Crippen LogP contribution in [0.5, 0.6) is 11.5 Å². The van der Waals surface area contributed by atoms with Gasteiger partial charge in [-0.2, -0.15) is 21.6 Å². The molecule has 0 saturated heterocycles. The Morgan fingerprint density at radius 1 is 1.06 bits per heavy atom. The van der Waals surface area contributed by atoms with Crippen LogP contribution in [0.4, 0.5) is 13.2 Å². The van der Waals surface area contributed by atoms with E-state index in [2.05, 4.69) is 15.9 Å². The summed E-state index contributed by atoms with van der Waals surface area (Å²) in [6.07, 6.45) is -6.71. The molecule has 3 rings (SSSR count). The molecule has 0 aliphatic heterocycles. The lowest BCUT2D eigenvalue weighted by atomic mass is 9.71. The maximum Gasteiger partial charge on any atom is 0.389 e. The molecule has 36 heavy (non-hydrogen) atoms. The molecule has 196 valence electrons. The second kappa shape index (κ2) is 9.92. The highest BCUT2D eigenvalue weighted by molar-refractivity contribution is 9.09. The van der Waals surface area contributed by atoms with Crippen molar-refractivity contribution in [3.05, 3.63) is 59.2 Å². The Hall–Kier alpha value is -2.80. The summed E-state index contributed by atoms with van der Waals surface area (Å²) < 4.78 is 75.0. The van der Waals surface area contributed by atoms with E-state index in [1.165, 1.54) is 0 Å². The van der Waals surface area contributed by atoms with E-state index in [-0.39, 0.29) is 17.7 Å². The van der Waals surface area contributed by atoms with E-state index in [1.54, 1.807) is 24.3 Å². The van der Waals surface area contributed by atoms with Gasteiger partial charge in [-0.25, -0.2) is 0 Å². The average Bonchev–Trinajstić information content (AvgIpc) is 3.08. The van der Waals surface area contributed by atoms with Gasteiger partial charge in [0.1, 0.15) is 15.8 Å². The largest absolute Gasteiger partial charge is 0.508 e. The van der Waals surface area contributed by atoms with E-state index in [0.717, 1.165) is 32.4 Å². The van der Waals surface area contributed by atoms with Crippen LogP contribution in [0.2, 0.25) is 0 Å². The number of fused-ring (bicyclic) bond motifs is 1. The van der Waals surface area contributed by atoms with Gasteiger partial charge in [-0.1, -0.05) is 40.2 Å². The average molecular weight is 595 g/mol. The fourth-order valence-corrected chi connectivity index (χ4v) is 6.51. The standard InChI is InChI=1S/C23H22BrF3O8S/c1-33-19(29)21(20(30)34-2)13-14-6-3-4-7-16(14)23(21,24)17-12-15(8-9-18(17)28)35-36(31,32)11-5-10-22(25,26)27/h3-4,6-9,12,28H,5,10-11,13H2,1-2H3/t23-/m1/s1. The van der Waals surface area contributed by atoms with E-state index >= 15 is 0 Å². The summed E-state index contributed by atoms with van der Waals surface area (Å²) >= 11 is 3.50. The number of benzene rings is 2. The molecule has 1 N–H and O–H groups in total. The van der Waals surface area contributed by atoms with Crippen molar-refractivity contribution < 1.29 is 49.9 Å². The molecule has 1 atom stereocenters. The molecule has 0 fully saturated rings. The summed E-state index contributed by atoms with van der Waals surface area (Å²) in [7, 11) is -2.28. The van der Waals surface area contributed by atoms with Gasteiger partial charge < -0.3 is 18.8 Å². The first kappa shape index (κ1) is 27.8. The van der Waals surface area contributed by atoms with Gasteiger partial charge in [-0.15, -0.1) is 0 Å². The number of phenolic OH excluding ortho intramolecular Hbond substituents is 1. The maximum absolute atomic E-state index is 13.2. The third-order valence-corrected chi connectivity index (χ3v) is 8.68. The van der Waals surface area contributed by atoms with Gasteiger partial charge in [-0.3, -0.25) is 9.59 Å². The van der Waals surface area contributed by atoms with E-state index in [4.69, 9.17) is 13.7 Å². The molecule has 0 unspecified atom stereocenters. The van der Waals surface area contributed by atoms with E-state index in [9.17, 15) is 36.3 Å². The summed E-state index contributed by atoms with van der Waals surface area (Å²) in [5, 5.41) is 10.8. The molecule has 13 heteroatoms. The normalized spacial score (nSPS) is 18.8. The zero-order valence-electron chi connectivity index (χ0n) is 19.1. The monoisotopic (exact) mass is 594 g/mol. The van der Waals surface area contributed by atoms with Crippen molar-refractivity contribution in [2.24, 2.45) is 5.41 Å². The number of rotatable bonds is 8. The van der Waals surface area contributed by atoms with Gasteiger partial charge in [0.25, 0.3) is 0 Å². The fraction of sp³-hybridized carbons (Fsp3) is 0.391. The molecule has 2 aromatic rings. The first-order valence-electron chi connectivity index (χ1n) is 10.5. The highest BCUT2D eigenvalue weighted by Gasteiger charge is 2.69. The van der Waals surface area contributed by atoms with Crippen molar-refractivity contribution in [3.63, 3.8) is 0 Å². The molecule has 0 saturated carbocycles. The molecule has 0 heterocycles. The molecular weight excluding hydrogens is 573 g/mol. The third kappa shape index (κ3) is 4.90. The number of ether oxygens (including phenoxy) is 2. The number of hydrogen-bond donors (Lipinski definition) is 1. The number of methoxy groups -OCH3 is 2. The molecule has 1 aliphatic rings. The molecule has 0 aromatic heterocycles. The predicted octanol–water partition coefficient (Wildman–Crippen LogP) is 3.97. The number of halogens is 4. The Labute approximate surface area is 213 Å².